The van der Waals surface area contributed by atoms with Crippen LogP contribution in [0.15, 0.2) is 18.5 Å². The van der Waals surface area contributed by atoms with Crippen molar-refractivity contribution < 1.29 is 14.5 Å². The smallest absolute Gasteiger partial charge is 0.308 e. The molecule has 18 heavy (non-hydrogen) atoms. The number of ether oxygens (including phenoxy) is 1. The van der Waals surface area contributed by atoms with E-state index in [2.05, 4.69) is 9.84 Å². The molecule has 0 spiro atoms. The molecule has 0 atom stereocenters. The van der Waals surface area contributed by atoms with Gasteiger partial charge in [0.25, 0.3) is 0 Å². The van der Waals surface area contributed by atoms with E-state index in [0.29, 0.717) is 18.5 Å². The molecule has 0 amide bonds. The van der Waals surface area contributed by atoms with E-state index in [1.807, 2.05) is 0 Å². The zero-order valence-electron chi connectivity index (χ0n) is 9.85. The third kappa shape index (κ3) is 2.55. The molecule has 96 valence electrons. The number of aromatic nitrogens is 2. The van der Waals surface area contributed by atoms with Crippen molar-refractivity contribution in [2.75, 3.05) is 7.11 Å². The van der Waals surface area contributed by atoms with Gasteiger partial charge in [0.05, 0.1) is 29.7 Å². The van der Waals surface area contributed by atoms with Gasteiger partial charge in [-0.05, 0) is 18.9 Å². The molecular formula is C11H13N3O4. The molecule has 0 unspecified atom stereocenters. The van der Waals surface area contributed by atoms with E-state index in [1.54, 1.807) is 16.9 Å². The van der Waals surface area contributed by atoms with Crippen LogP contribution in [0.4, 0.5) is 0 Å². The Morgan fingerprint density at radius 1 is 1.67 bits per heavy atom. The van der Waals surface area contributed by atoms with Crippen LogP contribution in [0, 0.1) is 16.0 Å². The Kier molecular flexibility index (Phi) is 3.40. The molecule has 1 aliphatic rings. The Labute approximate surface area is 103 Å². The van der Waals surface area contributed by atoms with Gasteiger partial charge in [0.15, 0.2) is 0 Å². The van der Waals surface area contributed by atoms with Crippen LogP contribution in [0.2, 0.25) is 0 Å². The Bertz CT molecular complexity index is 488. The lowest BCUT2D eigenvalue weighted by Crippen LogP contribution is -2.33. The van der Waals surface area contributed by atoms with E-state index in [4.69, 9.17) is 0 Å². The maximum Gasteiger partial charge on any atom is 0.308 e. The van der Waals surface area contributed by atoms with E-state index >= 15 is 0 Å². The number of nitro groups is 1. The molecule has 7 nitrogen and oxygen atoms in total. The molecule has 0 radical (unpaired) electrons. The Morgan fingerprint density at radius 3 is 3.00 bits per heavy atom. The SMILES string of the molecule is COC(=O)C1CC(n2ccc(C=C[N+](=O)[O-])n2)C1. The first-order chi connectivity index (χ1) is 8.60. The van der Waals surface area contributed by atoms with Crippen LogP contribution in [0.25, 0.3) is 6.08 Å². The first-order valence-corrected chi connectivity index (χ1v) is 5.55. The molecule has 0 saturated heterocycles. The number of carbonyl (C=O) groups is 1. The number of hydrogen-bond donors (Lipinski definition) is 0. The first kappa shape index (κ1) is 12.3. The van der Waals surface area contributed by atoms with Crippen LogP contribution < -0.4 is 0 Å². The summed E-state index contributed by atoms with van der Waals surface area (Å²) < 4.78 is 6.39. The molecular weight excluding hydrogens is 238 g/mol. The van der Waals surface area contributed by atoms with Crippen LogP contribution in [0.1, 0.15) is 24.6 Å². The quantitative estimate of drug-likeness (QED) is 0.456. The highest BCUT2D eigenvalue weighted by atomic mass is 16.6. The molecule has 2 rings (SSSR count). The summed E-state index contributed by atoms with van der Waals surface area (Å²) in [7, 11) is 1.38. The minimum absolute atomic E-state index is 0.0537. The van der Waals surface area contributed by atoms with Gasteiger partial charge in [-0.1, -0.05) is 0 Å². The van der Waals surface area contributed by atoms with Crippen molar-refractivity contribution in [3.05, 3.63) is 34.3 Å². The molecule has 0 aromatic carbocycles. The van der Waals surface area contributed by atoms with E-state index in [-0.39, 0.29) is 17.9 Å². The predicted molar refractivity (Wildman–Crippen MR) is 62.0 cm³/mol. The highest BCUT2D eigenvalue weighted by Crippen LogP contribution is 2.37. The average molecular weight is 251 g/mol. The van der Waals surface area contributed by atoms with Gasteiger partial charge in [0.2, 0.25) is 6.20 Å². The third-order valence-electron chi connectivity index (χ3n) is 3.02. The van der Waals surface area contributed by atoms with E-state index in [1.165, 1.54) is 13.2 Å². The first-order valence-electron chi connectivity index (χ1n) is 5.55. The maximum absolute atomic E-state index is 11.2. The zero-order valence-corrected chi connectivity index (χ0v) is 9.85. The van der Waals surface area contributed by atoms with Crippen molar-refractivity contribution in [1.29, 1.82) is 0 Å². The molecule has 7 heteroatoms. The second kappa shape index (κ2) is 4.99. The van der Waals surface area contributed by atoms with E-state index < -0.39 is 4.92 Å². The fourth-order valence-electron chi connectivity index (χ4n) is 1.95. The topological polar surface area (TPSA) is 87.3 Å². The number of nitrogens with zero attached hydrogens (tertiary/aromatic N) is 3. The van der Waals surface area contributed by atoms with Crippen LogP contribution >= 0.6 is 0 Å². The van der Waals surface area contributed by atoms with Gasteiger partial charge >= 0.3 is 5.97 Å². The Hall–Kier alpha value is -2.18. The maximum atomic E-state index is 11.2. The summed E-state index contributed by atoms with van der Waals surface area (Å²) in [4.78, 5) is 20.8. The molecule has 0 bridgehead atoms. The zero-order chi connectivity index (χ0) is 13.1. The largest absolute Gasteiger partial charge is 0.469 e. The van der Waals surface area contributed by atoms with Crippen LogP contribution in [-0.4, -0.2) is 27.8 Å². The highest BCUT2D eigenvalue weighted by Gasteiger charge is 2.36. The van der Waals surface area contributed by atoms with Crippen molar-refractivity contribution in [3.63, 3.8) is 0 Å². The van der Waals surface area contributed by atoms with Crippen LogP contribution in [0.3, 0.4) is 0 Å². The van der Waals surface area contributed by atoms with Gasteiger partial charge < -0.3 is 4.74 Å². The normalized spacial score (nSPS) is 22.7. The summed E-state index contributed by atoms with van der Waals surface area (Å²) in [6, 6.07) is 1.87. The highest BCUT2D eigenvalue weighted by molar-refractivity contribution is 5.73. The number of hydrogen-bond acceptors (Lipinski definition) is 5. The summed E-state index contributed by atoms with van der Waals surface area (Å²) in [5.74, 6) is -0.242. The molecule has 1 aromatic rings. The minimum atomic E-state index is -0.532. The lowest BCUT2D eigenvalue weighted by atomic mass is 9.80. The number of rotatable bonds is 4. The average Bonchev–Trinajstić information content (AvgIpc) is 2.72. The molecule has 1 heterocycles. The van der Waals surface area contributed by atoms with Gasteiger partial charge in [0, 0.05) is 12.3 Å². The fourth-order valence-corrected chi connectivity index (χ4v) is 1.95. The molecule has 0 aliphatic heterocycles. The summed E-state index contributed by atoms with van der Waals surface area (Å²) in [5.41, 5.74) is 0.535. The summed E-state index contributed by atoms with van der Waals surface area (Å²) in [5, 5.41) is 14.4. The van der Waals surface area contributed by atoms with Gasteiger partial charge in [-0.25, -0.2) is 0 Å². The molecule has 0 N–H and O–H groups in total. The van der Waals surface area contributed by atoms with Gasteiger partial charge in [0.1, 0.15) is 0 Å². The predicted octanol–water partition coefficient (Wildman–Crippen LogP) is 1.25. The van der Waals surface area contributed by atoms with Gasteiger partial charge in [-0.15, -0.1) is 0 Å². The van der Waals surface area contributed by atoms with Crippen LogP contribution in [-0.2, 0) is 9.53 Å². The number of methoxy groups -OCH3 is 1. The number of esters is 1. The molecule has 1 aromatic heterocycles. The monoisotopic (exact) mass is 251 g/mol. The van der Waals surface area contributed by atoms with Crippen molar-refractivity contribution >= 4 is 12.0 Å². The Balaban J connectivity index is 1.93. The van der Waals surface area contributed by atoms with Crippen molar-refractivity contribution in [3.8, 4) is 0 Å². The van der Waals surface area contributed by atoms with E-state index in [0.717, 1.165) is 6.20 Å². The summed E-state index contributed by atoms with van der Waals surface area (Å²) in [6.07, 6.45) is 5.36. The summed E-state index contributed by atoms with van der Waals surface area (Å²) in [6.45, 7) is 0. The molecule has 1 fully saturated rings. The standard InChI is InChI=1S/C11H13N3O4/c1-18-11(15)8-6-10(7-8)13-4-2-9(12-13)3-5-14(16)17/h2-5,8,10H,6-7H2,1H3. The lowest BCUT2D eigenvalue weighted by Gasteiger charge is -2.33. The Morgan fingerprint density at radius 2 is 2.39 bits per heavy atom. The van der Waals surface area contributed by atoms with E-state index in [9.17, 15) is 14.9 Å². The van der Waals surface area contributed by atoms with Gasteiger partial charge in [-0.2, -0.15) is 5.10 Å². The minimum Gasteiger partial charge on any atom is -0.469 e. The second-order valence-electron chi connectivity index (χ2n) is 4.17. The number of carbonyl (C=O) groups excluding carboxylic acids is 1. The third-order valence-corrected chi connectivity index (χ3v) is 3.02. The molecule has 1 aliphatic carbocycles. The van der Waals surface area contributed by atoms with Crippen molar-refractivity contribution in [2.24, 2.45) is 5.92 Å². The molecule has 1 saturated carbocycles. The lowest BCUT2D eigenvalue weighted by molar-refractivity contribution is -0.401. The fraction of sp³-hybridized carbons (Fsp3) is 0.455. The van der Waals surface area contributed by atoms with Gasteiger partial charge in [-0.3, -0.25) is 19.6 Å². The second-order valence-corrected chi connectivity index (χ2v) is 4.17. The van der Waals surface area contributed by atoms with Crippen LogP contribution in [0.5, 0.6) is 0 Å². The van der Waals surface area contributed by atoms with Crippen molar-refractivity contribution in [1.82, 2.24) is 9.78 Å². The van der Waals surface area contributed by atoms with Crippen molar-refractivity contribution in [2.45, 2.75) is 18.9 Å². The summed E-state index contributed by atoms with van der Waals surface area (Å²) >= 11 is 0.